The number of carbonyl (C=O) groups is 3. The van der Waals surface area contributed by atoms with E-state index in [1.807, 2.05) is 0 Å². The SMILES string of the molecule is COC(=O)c1ccc(CNC(=O)COC(=O)c2ccc(Cl)cc2O)cc1. The summed E-state index contributed by atoms with van der Waals surface area (Å²) in [6.07, 6.45) is 0. The van der Waals surface area contributed by atoms with Crippen molar-refractivity contribution < 1.29 is 29.0 Å². The van der Waals surface area contributed by atoms with Crippen molar-refractivity contribution in [2.24, 2.45) is 0 Å². The van der Waals surface area contributed by atoms with E-state index < -0.39 is 24.5 Å². The Morgan fingerprint density at radius 2 is 1.77 bits per heavy atom. The van der Waals surface area contributed by atoms with Crippen LogP contribution in [0.25, 0.3) is 0 Å². The van der Waals surface area contributed by atoms with E-state index in [0.717, 1.165) is 5.56 Å². The molecule has 0 bridgehead atoms. The summed E-state index contributed by atoms with van der Waals surface area (Å²) >= 11 is 5.68. The summed E-state index contributed by atoms with van der Waals surface area (Å²) in [7, 11) is 1.29. The van der Waals surface area contributed by atoms with Gasteiger partial charge < -0.3 is 19.9 Å². The molecule has 26 heavy (non-hydrogen) atoms. The number of hydrogen-bond acceptors (Lipinski definition) is 6. The topological polar surface area (TPSA) is 102 Å². The summed E-state index contributed by atoms with van der Waals surface area (Å²) in [5.74, 6) is -2.12. The predicted octanol–water partition coefficient (Wildman–Crippen LogP) is 2.31. The monoisotopic (exact) mass is 377 g/mol. The number of carbonyl (C=O) groups excluding carboxylic acids is 3. The number of amides is 1. The van der Waals surface area contributed by atoms with Gasteiger partial charge in [-0.15, -0.1) is 0 Å². The van der Waals surface area contributed by atoms with Crippen molar-refractivity contribution in [1.82, 2.24) is 5.32 Å². The minimum atomic E-state index is -0.836. The zero-order chi connectivity index (χ0) is 19.1. The van der Waals surface area contributed by atoms with Crippen LogP contribution in [0.3, 0.4) is 0 Å². The van der Waals surface area contributed by atoms with E-state index in [-0.39, 0.29) is 22.9 Å². The average Bonchev–Trinajstić information content (AvgIpc) is 2.64. The largest absolute Gasteiger partial charge is 0.507 e. The van der Waals surface area contributed by atoms with Crippen LogP contribution < -0.4 is 5.32 Å². The zero-order valence-corrected chi connectivity index (χ0v) is 14.6. The minimum absolute atomic E-state index is 0.0828. The van der Waals surface area contributed by atoms with E-state index >= 15 is 0 Å². The van der Waals surface area contributed by atoms with Gasteiger partial charge >= 0.3 is 11.9 Å². The Hall–Kier alpha value is -3.06. The van der Waals surface area contributed by atoms with Gasteiger partial charge in [-0.25, -0.2) is 9.59 Å². The highest BCUT2D eigenvalue weighted by Crippen LogP contribution is 2.22. The van der Waals surface area contributed by atoms with Crippen LogP contribution in [0.1, 0.15) is 26.3 Å². The maximum Gasteiger partial charge on any atom is 0.342 e. The lowest BCUT2D eigenvalue weighted by Crippen LogP contribution is -2.28. The quantitative estimate of drug-likeness (QED) is 0.749. The number of benzene rings is 2. The molecule has 0 unspecified atom stereocenters. The highest BCUT2D eigenvalue weighted by Gasteiger charge is 2.14. The van der Waals surface area contributed by atoms with E-state index in [0.29, 0.717) is 5.56 Å². The van der Waals surface area contributed by atoms with E-state index in [1.54, 1.807) is 24.3 Å². The number of ether oxygens (including phenoxy) is 2. The van der Waals surface area contributed by atoms with Gasteiger partial charge in [-0.05, 0) is 35.9 Å². The third-order valence-corrected chi connectivity index (χ3v) is 3.61. The third kappa shape index (κ3) is 5.22. The molecule has 1 amide bonds. The number of halogens is 1. The van der Waals surface area contributed by atoms with Crippen molar-refractivity contribution in [3.05, 3.63) is 64.2 Å². The first-order chi connectivity index (χ1) is 12.4. The van der Waals surface area contributed by atoms with Crippen LogP contribution >= 0.6 is 11.6 Å². The number of hydrogen-bond donors (Lipinski definition) is 2. The minimum Gasteiger partial charge on any atom is -0.507 e. The average molecular weight is 378 g/mol. The number of phenols is 1. The van der Waals surface area contributed by atoms with E-state index in [2.05, 4.69) is 10.1 Å². The summed E-state index contributed by atoms with van der Waals surface area (Å²) in [5, 5.41) is 12.5. The second-order valence-electron chi connectivity index (χ2n) is 5.20. The van der Waals surface area contributed by atoms with E-state index in [4.69, 9.17) is 16.3 Å². The highest BCUT2D eigenvalue weighted by molar-refractivity contribution is 6.30. The van der Waals surface area contributed by atoms with Gasteiger partial charge in [-0.2, -0.15) is 0 Å². The molecule has 2 rings (SSSR count). The van der Waals surface area contributed by atoms with Crippen molar-refractivity contribution in [3.8, 4) is 5.75 Å². The Morgan fingerprint density at radius 3 is 2.38 bits per heavy atom. The summed E-state index contributed by atoms with van der Waals surface area (Å²) in [6, 6.07) is 10.4. The van der Waals surface area contributed by atoms with Gasteiger partial charge in [0.15, 0.2) is 6.61 Å². The molecule has 8 heteroatoms. The Morgan fingerprint density at radius 1 is 1.08 bits per heavy atom. The molecular formula is C18H16ClNO6. The molecule has 2 aromatic rings. The van der Waals surface area contributed by atoms with Crippen molar-refractivity contribution in [2.45, 2.75) is 6.54 Å². The molecule has 0 aliphatic rings. The number of aromatic hydroxyl groups is 1. The van der Waals surface area contributed by atoms with Crippen LogP contribution in [0, 0.1) is 0 Å². The number of rotatable bonds is 6. The van der Waals surface area contributed by atoms with Gasteiger partial charge in [-0.1, -0.05) is 23.7 Å². The number of nitrogens with one attached hydrogen (secondary N) is 1. The van der Waals surface area contributed by atoms with Gasteiger partial charge in [-0.3, -0.25) is 4.79 Å². The van der Waals surface area contributed by atoms with Gasteiger partial charge in [0.25, 0.3) is 5.91 Å². The van der Waals surface area contributed by atoms with Crippen LogP contribution in [0.4, 0.5) is 0 Å². The lowest BCUT2D eigenvalue weighted by Gasteiger charge is -2.08. The molecule has 7 nitrogen and oxygen atoms in total. The van der Waals surface area contributed by atoms with Crippen LogP contribution in [-0.2, 0) is 20.8 Å². The fraction of sp³-hybridized carbons (Fsp3) is 0.167. The molecule has 0 saturated heterocycles. The van der Waals surface area contributed by atoms with Gasteiger partial charge in [0, 0.05) is 11.6 Å². The number of methoxy groups -OCH3 is 1. The van der Waals surface area contributed by atoms with Crippen molar-refractivity contribution in [3.63, 3.8) is 0 Å². The Labute approximate surface area is 154 Å². The molecule has 136 valence electrons. The van der Waals surface area contributed by atoms with Crippen LogP contribution in [0.2, 0.25) is 5.02 Å². The molecule has 0 heterocycles. The molecule has 0 aliphatic heterocycles. The van der Waals surface area contributed by atoms with Gasteiger partial charge in [0.05, 0.1) is 12.7 Å². The van der Waals surface area contributed by atoms with E-state index in [1.165, 1.54) is 25.3 Å². The first-order valence-corrected chi connectivity index (χ1v) is 7.88. The second-order valence-corrected chi connectivity index (χ2v) is 5.64. The molecule has 0 aromatic heterocycles. The smallest absolute Gasteiger partial charge is 0.342 e. The zero-order valence-electron chi connectivity index (χ0n) is 13.8. The Balaban J connectivity index is 1.81. The Kier molecular flexibility index (Phi) is 6.57. The van der Waals surface area contributed by atoms with Crippen molar-refractivity contribution >= 4 is 29.4 Å². The van der Waals surface area contributed by atoms with Crippen LogP contribution in [-0.4, -0.2) is 36.7 Å². The maximum atomic E-state index is 11.8. The predicted molar refractivity (Wildman–Crippen MR) is 93.0 cm³/mol. The molecule has 2 aromatic carbocycles. The molecule has 0 saturated carbocycles. The second kappa shape index (κ2) is 8.87. The Bertz CT molecular complexity index is 819. The van der Waals surface area contributed by atoms with E-state index in [9.17, 15) is 19.5 Å². The van der Waals surface area contributed by atoms with Crippen LogP contribution in [0.15, 0.2) is 42.5 Å². The summed E-state index contributed by atoms with van der Waals surface area (Å²) in [4.78, 5) is 34.9. The first-order valence-electron chi connectivity index (χ1n) is 7.50. The first kappa shape index (κ1) is 19.3. The van der Waals surface area contributed by atoms with Gasteiger partial charge in [0.1, 0.15) is 11.3 Å². The molecule has 2 N–H and O–H groups in total. The summed E-state index contributed by atoms with van der Waals surface area (Å²) in [5.41, 5.74) is 1.08. The molecule has 0 radical (unpaired) electrons. The molecule has 0 spiro atoms. The fourth-order valence-corrected chi connectivity index (χ4v) is 2.18. The molecule has 0 aliphatic carbocycles. The standard InChI is InChI=1S/C18H16ClNO6/c1-25-17(23)12-4-2-11(3-5-12)9-20-16(22)10-26-18(24)14-7-6-13(19)8-15(14)21/h2-8,21H,9-10H2,1H3,(H,20,22). The van der Waals surface area contributed by atoms with Crippen molar-refractivity contribution in [1.29, 1.82) is 0 Å². The normalized spacial score (nSPS) is 10.1. The van der Waals surface area contributed by atoms with Gasteiger partial charge in [0.2, 0.25) is 0 Å². The van der Waals surface area contributed by atoms with Crippen molar-refractivity contribution in [2.75, 3.05) is 13.7 Å². The number of phenolic OH excluding ortho intramolecular Hbond substituents is 1. The molecule has 0 atom stereocenters. The number of esters is 2. The molecular weight excluding hydrogens is 362 g/mol. The molecule has 0 fully saturated rings. The maximum absolute atomic E-state index is 11.8. The highest BCUT2D eigenvalue weighted by atomic mass is 35.5. The lowest BCUT2D eigenvalue weighted by molar-refractivity contribution is -0.124. The summed E-state index contributed by atoms with van der Waals surface area (Å²) < 4.78 is 9.45. The lowest BCUT2D eigenvalue weighted by atomic mass is 10.1. The fourth-order valence-electron chi connectivity index (χ4n) is 2.01. The third-order valence-electron chi connectivity index (χ3n) is 3.38. The van der Waals surface area contributed by atoms with Crippen LogP contribution in [0.5, 0.6) is 5.75 Å². The summed E-state index contributed by atoms with van der Waals surface area (Å²) in [6.45, 7) is -0.300.